The van der Waals surface area contributed by atoms with Gasteiger partial charge < -0.3 is 4.42 Å². The molecule has 0 fully saturated rings. The molecule has 0 amide bonds. The molecular formula is C9H5N4O. The van der Waals surface area contributed by atoms with Crippen LogP contribution in [0.3, 0.4) is 0 Å². The van der Waals surface area contributed by atoms with Gasteiger partial charge in [-0.05, 0) is 12.1 Å². The van der Waals surface area contributed by atoms with Gasteiger partial charge in [-0.2, -0.15) is 4.98 Å². The monoisotopic (exact) mass is 185 g/mol. The second-order valence-electron chi connectivity index (χ2n) is 2.77. The van der Waals surface area contributed by atoms with Crippen LogP contribution in [0, 0.1) is 6.33 Å². The number of fused-ring (bicyclic) bond motifs is 1. The van der Waals surface area contributed by atoms with Crippen molar-refractivity contribution in [2.75, 3.05) is 0 Å². The van der Waals surface area contributed by atoms with Crippen LogP contribution in [0.2, 0.25) is 0 Å². The molecule has 0 aliphatic rings. The minimum absolute atomic E-state index is 0.431. The molecule has 5 nitrogen and oxygen atoms in total. The lowest BCUT2D eigenvalue weighted by Crippen LogP contribution is -1.78. The summed E-state index contributed by atoms with van der Waals surface area (Å²) in [6.45, 7) is 0. The molecule has 1 N–H and O–H groups in total. The molecule has 0 bridgehead atoms. The average molecular weight is 185 g/mol. The lowest BCUT2D eigenvalue weighted by atomic mass is 10.3. The number of nitrogens with zero attached hydrogens (tertiary/aromatic N) is 3. The molecular weight excluding hydrogens is 180 g/mol. The third kappa shape index (κ3) is 0.990. The first-order valence-electron chi connectivity index (χ1n) is 4.08. The molecule has 0 aliphatic heterocycles. The minimum atomic E-state index is 0.431. The molecule has 2 aromatic heterocycles. The van der Waals surface area contributed by atoms with E-state index in [1.807, 2.05) is 24.3 Å². The highest BCUT2D eigenvalue weighted by atomic mass is 16.3. The smallest absolute Gasteiger partial charge is 0.265 e. The zero-order valence-electron chi connectivity index (χ0n) is 7.06. The van der Waals surface area contributed by atoms with Gasteiger partial charge in [-0.25, -0.2) is 4.98 Å². The van der Waals surface area contributed by atoms with Crippen LogP contribution in [0.5, 0.6) is 0 Å². The Balaban J connectivity index is 2.24. The third-order valence-corrected chi connectivity index (χ3v) is 1.87. The van der Waals surface area contributed by atoms with Gasteiger partial charge in [0.2, 0.25) is 12.2 Å². The van der Waals surface area contributed by atoms with E-state index in [4.69, 9.17) is 4.42 Å². The number of oxazole rings is 1. The first-order valence-corrected chi connectivity index (χ1v) is 4.08. The Morgan fingerprint density at radius 1 is 1.29 bits per heavy atom. The van der Waals surface area contributed by atoms with Crippen LogP contribution in [0.1, 0.15) is 0 Å². The van der Waals surface area contributed by atoms with Crippen molar-refractivity contribution in [2.24, 2.45) is 0 Å². The number of rotatable bonds is 1. The van der Waals surface area contributed by atoms with E-state index in [2.05, 4.69) is 26.5 Å². The molecule has 14 heavy (non-hydrogen) atoms. The fraction of sp³-hybridized carbons (Fsp3) is 0. The van der Waals surface area contributed by atoms with Crippen molar-refractivity contribution < 1.29 is 4.42 Å². The lowest BCUT2D eigenvalue weighted by molar-refractivity contribution is 0.613. The Labute approximate surface area is 78.8 Å². The molecule has 0 aliphatic carbocycles. The number of nitrogens with one attached hydrogen (secondary N) is 1. The SMILES string of the molecule is [c]1n[nH]c(-c2nc3ccccc3o2)n1. The second kappa shape index (κ2) is 2.66. The number of aromatic amines is 1. The van der Waals surface area contributed by atoms with Gasteiger partial charge in [0.1, 0.15) is 5.52 Å². The first kappa shape index (κ1) is 7.25. The molecule has 1 radical (unpaired) electrons. The fourth-order valence-electron chi connectivity index (χ4n) is 1.25. The standard InChI is InChI=1S/C9H5N4O/c1-2-4-7-6(3-1)12-9(14-7)8-10-5-11-13-8/h1-4H,(H,10,11,13). The zero-order chi connectivity index (χ0) is 9.38. The summed E-state index contributed by atoms with van der Waals surface area (Å²) >= 11 is 0. The summed E-state index contributed by atoms with van der Waals surface area (Å²) in [7, 11) is 0. The van der Waals surface area contributed by atoms with Gasteiger partial charge in [0.05, 0.1) is 0 Å². The van der Waals surface area contributed by atoms with E-state index in [1.165, 1.54) is 0 Å². The summed E-state index contributed by atoms with van der Waals surface area (Å²) in [5.74, 6) is 0.918. The van der Waals surface area contributed by atoms with E-state index in [0.717, 1.165) is 11.1 Å². The van der Waals surface area contributed by atoms with Crippen molar-refractivity contribution in [1.82, 2.24) is 20.2 Å². The average Bonchev–Trinajstić information content (AvgIpc) is 2.86. The first-order chi connectivity index (χ1) is 6.93. The molecule has 0 unspecified atom stereocenters. The van der Waals surface area contributed by atoms with Crippen LogP contribution in [-0.2, 0) is 0 Å². The van der Waals surface area contributed by atoms with E-state index in [0.29, 0.717) is 11.7 Å². The second-order valence-corrected chi connectivity index (χ2v) is 2.77. The van der Waals surface area contributed by atoms with Crippen LogP contribution in [-0.4, -0.2) is 20.2 Å². The van der Waals surface area contributed by atoms with Crippen LogP contribution in [0.4, 0.5) is 0 Å². The van der Waals surface area contributed by atoms with E-state index in [1.54, 1.807) is 0 Å². The maximum Gasteiger partial charge on any atom is 0.265 e. The van der Waals surface area contributed by atoms with Gasteiger partial charge in [-0.3, -0.25) is 5.10 Å². The van der Waals surface area contributed by atoms with E-state index in [9.17, 15) is 0 Å². The summed E-state index contributed by atoms with van der Waals surface area (Å²) in [6.07, 6.45) is 2.42. The number of benzene rings is 1. The fourth-order valence-corrected chi connectivity index (χ4v) is 1.25. The minimum Gasteiger partial charge on any atom is -0.434 e. The van der Waals surface area contributed by atoms with Gasteiger partial charge in [0, 0.05) is 0 Å². The van der Waals surface area contributed by atoms with E-state index in [-0.39, 0.29) is 0 Å². The quantitative estimate of drug-likeness (QED) is 0.622. The van der Waals surface area contributed by atoms with Crippen molar-refractivity contribution >= 4 is 11.1 Å². The van der Waals surface area contributed by atoms with Crippen LogP contribution < -0.4 is 0 Å². The number of para-hydroxylation sites is 2. The van der Waals surface area contributed by atoms with Crippen LogP contribution in [0.15, 0.2) is 28.7 Å². The van der Waals surface area contributed by atoms with Crippen molar-refractivity contribution in [3.05, 3.63) is 30.6 Å². The van der Waals surface area contributed by atoms with Gasteiger partial charge in [-0.1, -0.05) is 12.1 Å². The number of hydrogen-bond acceptors (Lipinski definition) is 4. The third-order valence-electron chi connectivity index (χ3n) is 1.87. The molecule has 5 heteroatoms. The van der Waals surface area contributed by atoms with Crippen molar-refractivity contribution in [3.8, 4) is 11.7 Å². The van der Waals surface area contributed by atoms with Crippen molar-refractivity contribution in [1.29, 1.82) is 0 Å². The molecule has 2 heterocycles. The Kier molecular flexibility index (Phi) is 1.38. The van der Waals surface area contributed by atoms with Gasteiger partial charge >= 0.3 is 0 Å². The Hall–Kier alpha value is -2.17. The van der Waals surface area contributed by atoms with Gasteiger partial charge in [-0.15, -0.1) is 5.10 Å². The molecule has 0 saturated carbocycles. The predicted molar refractivity (Wildman–Crippen MR) is 48.2 cm³/mol. The summed E-state index contributed by atoms with van der Waals surface area (Å²) in [5, 5.41) is 6.25. The molecule has 0 saturated heterocycles. The number of H-pyrrole nitrogens is 1. The molecule has 0 atom stereocenters. The summed E-state index contributed by atoms with van der Waals surface area (Å²) in [4.78, 5) is 8.07. The Morgan fingerprint density at radius 2 is 2.21 bits per heavy atom. The molecule has 3 rings (SSSR count). The maximum atomic E-state index is 5.45. The highest BCUT2D eigenvalue weighted by Crippen LogP contribution is 2.20. The molecule has 0 spiro atoms. The van der Waals surface area contributed by atoms with Crippen LogP contribution >= 0.6 is 0 Å². The van der Waals surface area contributed by atoms with Crippen molar-refractivity contribution in [2.45, 2.75) is 0 Å². The van der Waals surface area contributed by atoms with E-state index >= 15 is 0 Å². The zero-order valence-corrected chi connectivity index (χ0v) is 7.06. The highest BCUT2D eigenvalue weighted by Gasteiger charge is 2.09. The lowest BCUT2D eigenvalue weighted by Gasteiger charge is -1.82. The summed E-state index contributed by atoms with van der Waals surface area (Å²) < 4.78 is 5.45. The maximum absolute atomic E-state index is 5.45. The predicted octanol–water partition coefficient (Wildman–Crippen LogP) is 1.41. The highest BCUT2D eigenvalue weighted by molar-refractivity contribution is 5.74. The largest absolute Gasteiger partial charge is 0.434 e. The molecule has 67 valence electrons. The summed E-state index contributed by atoms with van der Waals surface area (Å²) in [6, 6.07) is 7.53. The Morgan fingerprint density at radius 3 is 3.00 bits per heavy atom. The van der Waals surface area contributed by atoms with E-state index < -0.39 is 0 Å². The topological polar surface area (TPSA) is 67.6 Å². The molecule has 1 aromatic carbocycles. The van der Waals surface area contributed by atoms with Crippen LogP contribution in [0.25, 0.3) is 22.8 Å². The number of hydrogen-bond donors (Lipinski definition) is 1. The summed E-state index contributed by atoms with van der Waals surface area (Å²) in [5.41, 5.74) is 1.54. The van der Waals surface area contributed by atoms with Crippen molar-refractivity contribution in [3.63, 3.8) is 0 Å². The normalized spacial score (nSPS) is 10.9. The molecule has 3 aromatic rings. The number of aromatic nitrogens is 4. The van der Waals surface area contributed by atoms with Gasteiger partial charge in [0.25, 0.3) is 5.89 Å². The van der Waals surface area contributed by atoms with Gasteiger partial charge in [0.15, 0.2) is 5.58 Å². The Bertz CT molecular complexity index is 522.